The van der Waals surface area contributed by atoms with Crippen LogP contribution in [0.1, 0.15) is 32.7 Å². The van der Waals surface area contributed by atoms with Crippen molar-refractivity contribution in [3.63, 3.8) is 0 Å². The molecule has 2 aromatic rings. The Hall–Kier alpha value is -1.88. The maximum absolute atomic E-state index is 5.79. The molecule has 3 heterocycles. The zero-order valence-corrected chi connectivity index (χ0v) is 11.9. The van der Waals surface area contributed by atoms with E-state index in [2.05, 4.69) is 28.4 Å². The maximum atomic E-state index is 5.79. The third kappa shape index (κ3) is 2.54. The second-order valence-electron chi connectivity index (χ2n) is 5.91. The van der Waals surface area contributed by atoms with Gasteiger partial charge in [-0.25, -0.2) is 9.97 Å². The van der Waals surface area contributed by atoms with E-state index in [1.54, 1.807) is 6.20 Å². The summed E-state index contributed by atoms with van der Waals surface area (Å²) in [6.45, 7) is 5.07. The molecule has 2 N–H and O–H groups in total. The van der Waals surface area contributed by atoms with E-state index in [-0.39, 0.29) is 5.60 Å². The van der Waals surface area contributed by atoms with Crippen molar-refractivity contribution in [1.82, 2.24) is 14.5 Å². The number of anilines is 1. The molecule has 1 unspecified atom stereocenters. The van der Waals surface area contributed by atoms with E-state index >= 15 is 0 Å². The number of nitrogens with two attached hydrogens (primary N) is 1. The zero-order chi connectivity index (χ0) is 14.2. The quantitative estimate of drug-likeness (QED) is 0.912. The minimum Gasteiger partial charge on any atom is -0.384 e. The lowest BCUT2D eigenvalue weighted by Crippen LogP contribution is -2.35. The number of imidazole rings is 1. The minimum absolute atomic E-state index is 0.0795. The molecule has 5 heteroatoms. The first-order valence-corrected chi connectivity index (χ1v) is 6.93. The first-order chi connectivity index (χ1) is 9.55. The van der Waals surface area contributed by atoms with E-state index in [0.717, 1.165) is 30.7 Å². The van der Waals surface area contributed by atoms with Crippen molar-refractivity contribution in [2.75, 3.05) is 12.3 Å². The summed E-state index contributed by atoms with van der Waals surface area (Å²) in [5.41, 5.74) is 7.69. The highest BCUT2D eigenvalue weighted by Gasteiger charge is 2.30. The van der Waals surface area contributed by atoms with Gasteiger partial charge in [0, 0.05) is 24.4 Å². The van der Waals surface area contributed by atoms with Crippen molar-refractivity contribution < 1.29 is 4.74 Å². The summed E-state index contributed by atoms with van der Waals surface area (Å²) in [4.78, 5) is 8.47. The van der Waals surface area contributed by atoms with Gasteiger partial charge in [0.1, 0.15) is 5.82 Å². The number of rotatable bonds is 2. The molecule has 3 rings (SSSR count). The predicted molar refractivity (Wildman–Crippen MR) is 78.2 cm³/mol. The second-order valence-corrected chi connectivity index (χ2v) is 5.91. The molecule has 1 aliphatic rings. The molecule has 2 aromatic heterocycles. The van der Waals surface area contributed by atoms with Gasteiger partial charge in [0.2, 0.25) is 0 Å². The maximum Gasteiger partial charge on any atom is 0.123 e. The lowest BCUT2D eigenvalue weighted by molar-refractivity contribution is -0.0688. The molecule has 0 spiro atoms. The number of nitrogen functional groups attached to an aromatic ring is 1. The van der Waals surface area contributed by atoms with Crippen LogP contribution in [-0.4, -0.2) is 26.7 Å². The van der Waals surface area contributed by atoms with Gasteiger partial charge in [-0.3, -0.25) is 0 Å². The normalized spacial score (nSPS) is 21.8. The van der Waals surface area contributed by atoms with Gasteiger partial charge < -0.3 is 15.0 Å². The van der Waals surface area contributed by atoms with E-state index in [1.807, 2.05) is 24.7 Å². The predicted octanol–water partition coefficient (Wildman–Crippen LogP) is 2.66. The first kappa shape index (κ1) is 13.1. The van der Waals surface area contributed by atoms with Crippen LogP contribution >= 0.6 is 0 Å². The smallest absolute Gasteiger partial charge is 0.123 e. The summed E-state index contributed by atoms with van der Waals surface area (Å²) in [6.07, 6.45) is 7.58. The van der Waals surface area contributed by atoms with Crippen LogP contribution in [0.3, 0.4) is 0 Å². The second kappa shape index (κ2) is 4.90. The monoisotopic (exact) mass is 272 g/mol. The van der Waals surface area contributed by atoms with Crippen molar-refractivity contribution in [3.8, 4) is 11.3 Å². The van der Waals surface area contributed by atoms with Crippen LogP contribution in [0.5, 0.6) is 0 Å². The van der Waals surface area contributed by atoms with Crippen LogP contribution in [0.4, 0.5) is 5.82 Å². The van der Waals surface area contributed by atoms with Crippen molar-refractivity contribution >= 4 is 5.82 Å². The van der Waals surface area contributed by atoms with Gasteiger partial charge in [-0.05, 0) is 38.8 Å². The number of hydrogen-bond donors (Lipinski definition) is 1. The Morgan fingerprint density at radius 1 is 1.35 bits per heavy atom. The Kier molecular flexibility index (Phi) is 3.22. The molecule has 0 bridgehead atoms. The van der Waals surface area contributed by atoms with E-state index < -0.39 is 0 Å². The first-order valence-electron chi connectivity index (χ1n) is 6.93. The van der Waals surface area contributed by atoms with Gasteiger partial charge in [-0.15, -0.1) is 0 Å². The van der Waals surface area contributed by atoms with E-state index in [4.69, 9.17) is 10.5 Å². The van der Waals surface area contributed by atoms with Gasteiger partial charge in [-0.1, -0.05) is 0 Å². The highest BCUT2D eigenvalue weighted by molar-refractivity contribution is 5.59. The third-order valence-corrected chi connectivity index (χ3v) is 3.81. The molecule has 0 saturated carbocycles. The molecule has 106 valence electrons. The standard InChI is InChI=1S/C15H20N4O/c1-15(2)7-12(5-6-20-15)19-10-17-9-13(19)11-3-4-14(16)18-8-11/h3-4,8-10,12H,5-7H2,1-2H3,(H2,16,18). The van der Waals surface area contributed by atoms with Crippen LogP contribution in [0.2, 0.25) is 0 Å². The van der Waals surface area contributed by atoms with Crippen molar-refractivity contribution in [2.24, 2.45) is 0 Å². The Labute approximate surface area is 118 Å². The number of hydrogen-bond acceptors (Lipinski definition) is 4. The molecular formula is C15H20N4O. The van der Waals surface area contributed by atoms with Crippen LogP contribution in [0.15, 0.2) is 30.9 Å². The van der Waals surface area contributed by atoms with E-state index in [1.165, 1.54) is 0 Å². The van der Waals surface area contributed by atoms with Gasteiger partial charge >= 0.3 is 0 Å². The molecule has 5 nitrogen and oxygen atoms in total. The Morgan fingerprint density at radius 3 is 2.90 bits per heavy atom. The lowest BCUT2D eigenvalue weighted by Gasteiger charge is -2.36. The third-order valence-electron chi connectivity index (χ3n) is 3.81. The van der Waals surface area contributed by atoms with Crippen molar-refractivity contribution in [1.29, 1.82) is 0 Å². The van der Waals surface area contributed by atoms with Gasteiger partial charge in [-0.2, -0.15) is 0 Å². The summed E-state index contributed by atoms with van der Waals surface area (Å²) in [5.74, 6) is 0.534. The Bertz CT molecular complexity index is 588. The average Bonchev–Trinajstić information content (AvgIpc) is 2.87. The highest BCUT2D eigenvalue weighted by atomic mass is 16.5. The number of nitrogens with zero attached hydrogens (tertiary/aromatic N) is 3. The fourth-order valence-corrected chi connectivity index (χ4v) is 2.81. The van der Waals surface area contributed by atoms with Crippen LogP contribution in [0.25, 0.3) is 11.3 Å². The molecule has 0 aromatic carbocycles. The van der Waals surface area contributed by atoms with Gasteiger partial charge in [0.05, 0.1) is 23.8 Å². The molecule has 1 fully saturated rings. The molecule has 20 heavy (non-hydrogen) atoms. The largest absolute Gasteiger partial charge is 0.384 e. The van der Waals surface area contributed by atoms with E-state index in [0.29, 0.717) is 11.9 Å². The zero-order valence-electron chi connectivity index (χ0n) is 11.9. The summed E-state index contributed by atoms with van der Waals surface area (Å²) in [6, 6.07) is 4.22. The summed E-state index contributed by atoms with van der Waals surface area (Å²) >= 11 is 0. The van der Waals surface area contributed by atoms with Gasteiger partial charge in [0.15, 0.2) is 0 Å². The SMILES string of the molecule is CC1(C)CC(n2cncc2-c2ccc(N)nc2)CCO1. The topological polar surface area (TPSA) is 66.0 Å². The molecule has 1 atom stereocenters. The highest BCUT2D eigenvalue weighted by Crippen LogP contribution is 2.34. The molecule has 0 aliphatic carbocycles. The van der Waals surface area contributed by atoms with Crippen molar-refractivity contribution in [2.45, 2.75) is 38.3 Å². The minimum atomic E-state index is -0.0795. The van der Waals surface area contributed by atoms with E-state index in [9.17, 15) is 0 Å². The van der Waals surface area contributed by atoms with Crippen molar-refractivity contribution in [3.05, 3.63) is 30.9 Å². The Morgan fingerprint density at radius 2 is 2.20 bits per heavy atom. The number of pyridine rings is 1. The average molecular weight is 272 g/mol. The fraction of sp³-hybridized carbons (Fsp3) is 0.467. The molecule has 1 aliphatic heterocycles. The van der Waals surface area contributed by atoms with Crippen LogP contribution in [0, 0.1) is 0 Å². The summed E-state index contributed by atoms with van der Waals surface area (Å²) in [5, 5.41) is 0. The number of aromatic nitrogens is 3. The molecule has 0 radical (unpaired) electrons. The fourth-order valence-electron chi connectivity index (χ4n) is 2.81. The lowest BCUT2D eigenvalue weighted by atomic mass is 9.93. The molecule has 0 amide bonds. The Balaban J connectivity index is 1.92. The molecular weight excluding hydrogens is 252 g/mol. The molecule has 1 saturated heterocycles. The van der Waals surface area contributed by atoms with Crippen LogP contribution < -0.4 is 5.73 Å². The van der Waals surface area contributed by atoms with Crippen LogP contribution in [-0.2, 0) is 4.74 Å². The summed E-state index contributed by atoms with van der Waals surface area (Å²) < 4.78 is 8.03. The van der Waals surface area contributed by atoms with Gasteiger partial charge in [0.25, 0.3) is 0 Å². The summed E-state index contributed by atoms with van der Waals surface area (Å²) in [7, 11) is 0. The number of ether oxygens (including phenoxy) is 1.